The fourth-order valence-electron chi connectivity index (χ4n) is 2.19. The van der Waals surface area contributed by atoms with Gasteiger partial charge < -0.3 is 14.2 Å². The molecule has 24 heavy (non-hydrogen) atoms. The number of rotatable bonds is 6. The summed E-state index contributed by atoms with van der Waals surface area (Å²) in [6, 6.07) is 11.4. The van der Waals surface area contributed by atoms with E-state index in [4.69, 9.17) is 14.2 Å². The summed E-state index contributed by atoms with van der Waals surface area (Å²) in [7, 11) is 1.63. The highest BCUT2D eigenvalue weighted by Gasteiger charge is 2.05. The normalized spacial score (nSPS) is 10.7. The number of methoxy groups -OCH3 is 1. The number of carbonyl (C=O) groups is 1. The Bertz CT molecular complexity index is 747. The summed E-state index contributed by atoms with van der Waals surface area (Å²) in [6.45, 7) is 6.10. The van der Waals surface area contributed by atoms with Gasteiger partial charge in [0, 0.05) is 12.1 Å². The molecule has 0 N–H and O–H groups in total. The number of ether oxygens (including phenoxy) is 3. The minimum atomic E-state index is -0.343. The van der Waals surface area contributed by atoms with Crippen LogP contribution < -0.4 is 9.47 Å². The van der Waals surface area contributed by atoms with Crippen LogP contribution in [0.25, 0.3) is 6.08 Å². The molecule has 0 saturated heterocycles. The predicted octanol–water partition coefficient (Wildman–Crippen LogP) is 4.68. The number of hydrogen-bond acceptors (Lipinski definition) is 4. The van der Waals surface area contributed by atoms with Gasteiger partial charge in [-0.25, -0.2) is 4.79 Å². The van der Waals surface area contributed by atoms with Crippen molar-refractivity contribution in [1.82, 2.24) is 0 Å². The van der Waals surface area contributed by atoms with Gasteiger partial charge in [0.2, 0.25) is 0 Å². The Labute approximate surface area is 142 Å². The second kappa shape index (κ2) is 8.20. The first-order chi connectivity index (χ1) is 11.5. The van der Waals surface area contributed by atoms with Crippen molar-refractivity contribution in [2.24, 2.45) is 0 Å². The Balaban J connectivity index is 2.16. The minimum Gasteiger partial charge on any atom is -0.497 e. The van der Waals surface area contributed by atoms with E-state index in [1.54, 1.807) is 20.1 Å². The highest BCUT2D eigenvalue weighted by atomic mass is 16.5. The number of esters is 1. The molecular formula is C20H22O4. The van der Waals surface area contributed by atoms with Gasteiger partial charge in [-0.1, -0.05) is 12.1 Å². The summed E-state index contributed by atoms with van der Waals surface area (Å²) in [5, 5.41) is 0. The fraction of sp³-hybridized carbons (Fsp3) is 0.250. The maximum absolute atomic E-state index is 11.4. The standard InChI is InChI=1S/C20H22O4/c1-5-23-20(21)11-8-16-7-10-18(12-15(16)3)24-19-13-17(22-4)9-6-14(19)2/h6-13H,5H2,1-4H3. The lowest BCUT2D eigenvalue weighted by atomic mass is 10.1. The molecule has 0 saturated carbocycles. The Morgan fingerprint density at radius 2 is 1.79 bits per heavy atom. The van der Waals surface area contributed by atoms with Gasteiger partial charge in [0.25, 0.3) is 0 Å². The molecular weight excluding hydrogens is 304 g/mol. The zero-order valence-corrected chi connectivity index (χ0v) is 14.5. The van der Waals surface area contributed by atoms with Crippen molar-refractivity contribution < 1.29 is 19.0 Å². The summed E-state index contributed by atoms with van der Waals surface area (Å²) in [6.07, 6.45) is 3.17. The van der Waals surface area contributed by atoms with Gasteiger partial charge >= 0.3 is 5.97 Å². The van der Waals surface area contributed by atoms with E-state index in [0.717, 1.165) is 33.9 Å². The Morgan fingerprint density at radius 3 is 2.46 bits per heavy atom. The molecule has 0 unspecified atom stereocenters. The van der Waals surface area contributed by atoms with E-state index >= 15 is 0 Å². The highest BCUT2D eigenvalue weighted by molar-refractivity contribution is 5.87. The van der Waals surface area contributed by atoms with Crippen molar-refractivity contribution in [1.29, 1.82) is 0 Å². The minimum absolute atomic E-state index is 0.343. The second-order valence-electron chi connectivity index (χ2n) is 5.34. The van der Waals surface area contributed by atoms with Crippen molar-refractivity contribution in [3.63, 3.8) is 0 Å². The fourth-order valence-corrected chi connectivity index (χ4v) is 2.19. The van der Waals surface area contributed by atoms with Crippen LogP contribution in [-0.2, 0) is 9.53 Å². The summed E-state index contributed by atoms with van der Waals surface area (Å²) in [5.74, 6) is 1.89. The largest absolute Gasteiger partial charge is 0.497 e. The smallest absolute Gasteiger partial charge is 0.330 e. The van der Waals surface area contributed by atoms with Gasteiger partial charge in [0.05, 0.1) is 13.7 Å². The van der Waals surface area contributed by atoms with Gasteiger partial charge in [-0.05, 0) is 61.7 Å². The number of carbonyl (C=O) groups excluding carboxylic acids is 1. The number of aryl methyl sites for hydroxylation is 2. The van der Waals surface area contributed by atoms with Crippen LogP contribution in [0.1, 0.15) is 23.6 Å². The third-order valence-electron chi connectivity index (χ3n) is 3.55. The van der Waals surface area contributed by atoms with Crippen LogP contribution in [0.5, 0.6) is 17.2 Å². The van der Waals surface area contributed by atoms with Crippen LogP contribution in [-0.4, -0.2) is 19.7 Å². The third kappa shape index (κ3) is 4.62. The lowest BCUT2D eigenvalue weighted by Crippen LogP contribution is -1.98. The molecule has 2 aromatic rings. The number of benzene rings is 2. The molecule has 4 heteroatoms. The molecule has 0 aromatic heterocycles. The lowest BCUT2D eigenvalue weighted by Gasteiger charge is -2.11. The summed E-state index contributed by atoms with van der Waals surface area (Å²) in [5.41, 5.74) is 2.98. The molecule has 126 valence electrons. The molecule has 0 radical (unpaired) electrons. The van der Waals surface area contributed by atoms with E-state index in [2.05, 4.69) is 0 Å². The monoisotopic (exact) mass is 326 g/mol. The maximum Gasteiger partial charge on any atom is 0.330 e. The molecule has 2 rings (SSSR count). The Hall–Kier alpha value is -2.75. The average molecular weight is 326 g/mol. The lowest BCUT2D eigenvalue weighted by molar-refractivity contribution is -0.137. The molecule has 0 aliphatic carbocycles. The molecule has 0 heterocycles. The van der Waals surface area contributed by atoms with Gasteiger partial charge in [-0.15, -0.1) is 0 Å². The van der Waals surface area contributed by atoms with E-state index in [9.17, 15) is 4.79 Å². The molecule has 4 nitrogen and oxygen atoms in total. The van der Waals surface area contributed by atoms with Crippen molar-refractivity contribution in [3.8, 4) is 17.2 Å². The summed E-state index contributed by atoms with van der Waals surface area (Å²) in [4.78, 5) is 11.4. The first kappa shape index (κ1) is 17.6. The summed E-state index contributed by atoms with van der Waals surface area (Å²) >= 11 is 0. The van der Waals surface area contributed by atoms with Crippen molar-refractivity contribution in [2.45, 2.75) is 20.8 Å². The van der Waals surface area contributed by atoms with Gasteiger partial charge in [0.15, 0.2) is 0 Å². The Kier molecular flexibility index (Phi) is 6.01. The topological polar surface area (TPSA) is 44.8 Å². The quantitative estimate of drug-likeness (QED) is 0.571. The highest BCUT2D eigenvalue weighted by Crippen LogP contribution is 2.30. The van der Waals surface area contributed by atoms with Crippen LogP contribution in [0.15, 0.2) is 42.5 Å². The van der Waals surface area contributed by atoms with Gasteiger partial charge in [-0.3, -0.25) is 0 Å². The Morgan fingerprint density at radius 1 is 1.04 bits per heavy atom. The van der Waals surface area contributed by atoms with Crippen LogP contribution in [0, 0.1) is 13.8 Å². The maximum atomic E-state index is 11.4. The zero-order chi connectivity index (χ0) is 17.5. The third-order valence-corrected chi connectivity index (χ3v) is 3.55. The first-order valence-electron chi connectivity index (χ1n) is 7.81. The van der Waals surface area contributed by atoms with Gasteiger partial charge in [0.1, 0.15) is 17.2 Å². The predicted molar refractivity (Wildman–Crippen MR) is 94.7 cm³/mol. The molecule has 0 bridgehead atoms. The van der Waals surface area contributed by atoms with Crippen LogP contribution >= 0.6 is 0 Å². The van der Waals surface area contributed by atoms with Crippen LogP contribution in [0.2, 0.25) is 0 Å². The molecule has 0 aliphatic heterocycles. The van der Waals surface area contributed by atoms with E-state index in [1.807, 2.05) is 50.2 Å². The molecule has 0 amide bonds. The SMILES string of the molecule is CCOC(=O)C=Cc1ccc(Oc2cc(OC)ccc2C)cc1C. The van der Waals surface area contributed by atoms with E-state index in [-0.39, 0.29) is 5.97 Å². The first-order valence-corrected chi connectivity index (χ1v) is 7.81. The molecule has 0 fully saturated rings. The van der Waals surface area contributed by atoms with E-state index in [1.165, 1.54) is 6.08 Å². The second-order valence-corrected chi connectivity index (χ2v) is 5.34. The average Bonchev–Trinajstić information content (AvgIpc) is 2.56. The molecule has 0 spiro atoms. The van der Waals surface area contributed by atoms with Crippen molar-refractivity contribution in [3.05, 3.63) is 59.2 Å². The van der Waals surface area contributed by atoms with Crippen LogP contribution in [0.4, 0.5) is 0 Å². The van der Waals surface area contributed by atoms with Crippen molar-refractivity contribution >= 4 is 12.0 Å². The van der Waals surface area contributed by atoms with E-state index < -0.39 is 0 Å². The molecule has 2 aromatic carbocycles. The number of hydrogen-bond donors (Lipinski definition) is 0. The van der Waals surface area contributed by atoms with E-state index in [0.29, 0.717) is 6.61 Å². The van der Waals surface area contributed by atoms with Crippen LogP contribution in [0.3, 0.4) is 0 Å². The summed E-state index contributed by atoms with van der Waals surface area (Å²) < 4.78 is 16.1. The molecule has 0 atom stereocenters. The zero-order valence-electron chi connectivity index (χ0n) is 14.5. The van der Waals surface area contributed by atoms with Gasteiger partial charge in [-0.2, -0.15) is 0 Å². The molecule has 0 aliphatic rings. The van der Waals surface area contributed by atoms with Crippen molar-refractivity contribution in [2.75, 3.05) is 13.7 Å².